The smallest absolute Gasteiger partial charge is 0.0585 e. The zero-order valence-corrected chi connectivity index (χ0v) is 12.5. The first-order valence-corrected chi connectivity index (χ1v) is 7.32. The van der Waals surface area contributed by atoms with Gasteiger partial charge in [0.05, 0.1) is 6.61 Å². The normalized spacial score (nSPS) is 25.3. The monoisotopic (exact) mass is 257 g/mol. The van der Waals surface area contributed by atoms with Crippen molar-refractivity contribution < 1.29 is 5.11 Å². The van der Waals surface area contributed by atoms with Gasteiger partial charge in [0.2, 0.25) is 0 Å². The molecule has 2 N–H and O–H groups in total. The summed E-state index contributed by atoms with van der Waals surface area (Å²) in [7, 11) is 2.21. The fourth-order valence-electron chi connectivity index (χ4n) is 2.77. The highest BCUT2D eigenvalue weighted by Crippen LogP contribution is 2.10. The van der Waals surface area contributed by atoms with Crippen LogP contribution in [0.3, 0.4) is 0 Å². The van der Waals surface area contributed by atoms with Gasteiger partial charge in [-0.15, -0.1) is 0 Å². The van der Waals surface area contributed by atoms with Gasteiger partial charge in [0.1, 0.15) is 0 Å². The third kappa shape index (κ3) is 5.65. The van der Waals surface area contributed by atoms with Gasteiger partial charge in [-0.3, -0.25) is 4.90 Å². The van der Waals surface area contributed by atoms with E-state index in [-0.39, 0.29) is 12.6 Å². The predicted octanol–water partition coefficient (Wildman–Crippen LogP) is 0.761. The summed E-state index contributed by atoms with van der Waals surface area (Å²) in [6, 6.07) is 1.30. The van der Waals surface area contributed by atoms with E-state index in [1.54, 1.807) is 0 Å². The van der Waals surface area contributed by atoms with Gasteiger partial charge in [-0.25, -0.2) is 0 Å². The number of hydrogen-bond acceptors (Lipinski definition) is 4. The first-order chi connectivity index (χ1) is 8.52. The van der Waals surface area contributed by atoms with Crippen LogP contribution in [0.4, 0.5) is 0 Å². The summed E-state index contributed by atoms with van der Waals surface area (Å²) in [5, 5.41) is 12.8. The van der Waals surface area contributed by atoms with E-state index < -0.39 is 0 Å². The van der Waals surface area contributed by atoms with Crippen LogP contribution < -0.4 is 5.32 Å². The second-order valence-corrected chi connectivity index (χ2v) is 5.99. The summed E-state index contributed by atoms with van der Waals surface area (Å²) in [5.74, 6) is 0. The predicted molar refractivity (Wildman–Crippen MR) is 76.9 cm³/mol. The Balaban J connectivity index is 2.35. The number of hydrogen-bond donors (Lipinski definition) is 2. The van der Waals surface area contributed by atoms with Crippen LogP contribution in [0.5, 0.6) is 0 Å². The van der Waals surface area contributed by atoms with Gasteiger partial charge in [0, 0.05) is 31.2 Å². The van der Waals surface area contributed by atoms with Crippen LogP contribution in [0.25, 0.3) is 0 Å². The zero-order valence-electron chi connectivity index (χ0n) is 12.5. The van der Waals surface area contributed by atoms with Crippen LogP contribution in [0.2, 0.25) is 0 Å². The molecule has 4 heteroatoms. The number of rotatable bonds is 6. The molecule has 0 saturated carbocycles. The number of nitrogens with zero attached hydrogens (tertiary/aromatic N) is 2. The van der Waals surface area contributed by atoms with Crippen molar-refractivity contribution in [3.8, 4) is 0 Å². The molecule has 0 aliphatic carbocycles. The third-order valence-corrected chi connectivity index (χ3v) is 3.74. The molecule has 0 aromatic rings. The molecule has 0 bridgehead atoms. The molecule has 1 heterocycles. The van der Waals surface area contributed by atoms with E-state index in [4.69, 9.17) is 0 Å². The van der Waals surface area contributed by atoms with Crippen molar-refractivity contribution in [1.29, 1.82) is 0 Å². The van der Waals surface area contributed by atoms with Gasteiger partial charge in [-0.1, -0.05) is 13.8 Å². The van der Waals surface area contributed by atoms with Crippen molar-refractivity contribution in [1.82, 2.24) is 15.1 Å². The number of likely N-dealkylation sites (N-methyl/N-ethyl adjacent to an activating group) is 1. The summed E-state index contributed by atoms with van der Waals surface area (Å²) >= 11 is 0. The molecule has 18 heavy (non-hydrogen) atoms. The molecule has 0 aromatic carbocycles. The summed E-state index contributed by atoms with van der Waals surface area (Å²) in [6.45, 7) is 11.4. The minimum Gasteiger partial charge on any atom is -0.395 e. The van der Waals surface area contributed by atoms with E-state index in [1.165, 1.54) is 19.5 Å². The minimum absolute atomic E-state index is 0.234. The zero-order chi connectivity index (χ0) is 13.5. The lowest BCUT2D eigenvalue weighted by Gasteiger charge is -2.29. The standard InChI is InChI=1S/C14H31N3O/c1-12(2)15-14(11-18)6-9-17-8-5-7-16(4)10-13(17)3/h12-15,18H,5-11H2,1-4H3. The van der Waals surface area contributed by atoms with Crippen LogP contribution in [-0.2, 0) is 0 Å². The second kappa shape index (κ2) is 8.10. The maximum Gasteiger partial charge on any atom is 0.0585 e. The summed E-state index contributed by atoms with van der Waals surface area (Å²) in [4.78, 5) is 4.98. The molecular formula is C14H31N3O. The fourth-order valence-corrected chi connectivity index (χ4v) is 2.77. The van der Waals surface area contributed by atoms with Crippen molar-refractivity contribution in [2.75, 3.05) is 39.8 Å². The Kier molecular flexibility index (Phi) is 7.15. The molecule has 1 aliphatic rings. The molecule has 1 fully saturated rings. The molecule has 0 radical (unpaired) electrons. The average Bonchev–Trinajstić information content (AvgIpc) is 2.45. The van der Waals surface area contributed by atoms with Crippen LogP contribution in [0.1, 0.15) is 33.6 Å². The minimum atomic E-state index is 0.234. The van der Waals surface area contributed by atoms with E-state index in [1.807, 2.05) is 0 Å². The fraction of sp³-hybridized carbons (Fsp3) is 1.00. The molecule has 0 aromatic heterocycles. The average molecular weight is 257 g/mol. The van der Waals surface area contributed by atoms with E-state index in [2.05, 4.69) is 42.9 Å². The largest absolute Gasteiger partial charge is 0.395 e. The van der Waals surface area contributed by atoms with Gasteiger partial charge in [-0.05, 0) is 39.9 Å². The maximum atomic E-state index is 9.38. The van der Waals surface area contributed by atoms with Gasteiger partial charge < -0.3 is 15.3 Å². The summed E-state index contributed by atoms with van der Waals surface area (Å²) in [6.07, 6.45) is 2.28. The lowest BCUT2D eigenvalue weighted by atomic mass is 10.1. The van der Waals surface area contributed by atoms with Gasteiger partial charge in [-0.2, -0.15) is 0 Å². The lowest BCUT2D eigenvalue weighted by Crippen LogP contribution is -2.43. The lowest BCUT2D eigenvalue weighted by molar-refractivity contribution is 0.171. The molecule has 0 amide bonds. The van der Waals surface area contributed by atoms with Crippen molar-refractivity contribution in [3.05, 3.63) is 0 Å². The van der Waals surface area contributed by atoms with Crippen LogP contribution >= 0.6 is 0 Å². The SMILES string of the molecule is CC(C)NC(CO)CCN1CCCN(C)CC1C. The molecule has 1 rings (SSSR count). The highest BCUT2D eigenvalue weighted by atomic mass is 16.3. The number of nitrogens with one attached hydrogen (secondary N) is 1. The highest BCUT2D eigenvalue weighted by Gasteiger charge is 2.20. The molecule has 2 unspecified atom stereocenters. The van der Waals surface area contributed by atoms with E-state index in [0.717, 1.165) is 19.5 Å². The third-order valence-electron chi connectivity index (χ3n) is 3.74. The van der Waals surface area contributed by atoms with Crippen molar-refractivity contribution in [2.45, 2.75) is 51.7 Å². The first kappa shape index (κ1) is 15.9. The molecular weight excluding hydrogens is 226 g/mol. The van der Waals surface area contributed by atoms with Gasteiger partial charge >= 0.3 is 0 Å². The van der Waals surface area contributed by atoms with Crippen LogP contribution in [0.15, 0.2) is 0 Å². The summed E-state index contributed by atoms with van der Waals surface area (Å²) < 4.78 is 0. The van der Waals surface area contributed by atoms with E-state index >= 15 is 0 Å². The maximum absolute atomic E-state index is 9.38. The van der Waals surface area contributed by atoms with E-state index in [0.29, 0.717) is 12.1 Å². The molecule has 1 aliphatic heterocycles. The molecule has 4 nitrogen and oxygen atoms in total. The second-order valence-electron chi connectivity index (χ2n) is 5.99. The van der Waals surface area contributed by atoms with Crippen molar-refractivity contribution >= 4 is 0 Å². The molecule has 2 atom stereocenters. The van der Waals surface area contributed by atoms with Crippen LogP contribution in [0, 0.1) is 0 Å². The van der Waals surface area contributed by atoms with Crippen molar-refractivity contribution in [3.63, 3.8) is 0 Å². The molecule has 108 valence electrons. The number of aliphatic hydroxyl groups is 1. The van der Waals surface area contributed by atoms with Gasteiger partial charge in [0.15, 0.2) is 0 Å². The quantitative estimate of drug-likeness (QED) is 0.737. The molecule has 0 spiro atoms. The Bertz CT molecular complexity index is 223. The van der Waals surface area contributed by atoms with E-state index in [9.17, 15) is 5.11 Å². The molecule has 1 saturated heterocycles. The van der Waals surface area contributed by atoms with Crippen molar-refractivity contribution in [2.24, 2.45) is 0 Å². The first-order valence-electron chi connectivity index (χ1n) is 7.32. The van der Waals surface area contributed by atoms with Gasteiger partial charge in [0.25, 0.3) is 0 Å². The van der Waals surface area contributed by atoms with Crippen LogP contribution in [-0.4, -0.2) is 72.9 Å². The topological polar surface area (TPSA) is 38.7 Å². The Morgan fingerprint density at radius 2 is 2.06 bits per heavy atom. The number of aliphatic hydroxyl groups excluding tert-OH is 1. The Morgan fingerprint density at radius 3 is 2.67 bits per heavy atom. The Labute approximate surface area is 112 Å². The highest BCUT2D eigenvalue weighted by molar-refractivity contribution is 4.77. The summed E-state index contributed by atoms with van der Waals surface area (Å²) in [5.41, 5.74) is 0. The Hall–Kier alpha value is -0.160. The Morgan fingerprint density at radius 1 is 1.33 bits per heavy atom.